The van der Waals surface area contributed by atoms with E-state index in [1.165, 1.54) is 0 Å². The van der Waals surface area contributed by atoms with Gasteiger partial charge in [0.25, 0.3) is 11.8 Å². The van der Waals surface area contributed by atoms with Crippen molar-refractivity contribution >= 4 is 35.1 Å². The molecule has 61 heavy (non-hydrogen) atoms. The first-order valence-corrected chi connectivity index (χ1v) is 20.4. The second-order valence-corrected chi connectivity index (χ2v) is 15.3. The van der Waals surface area contributed by atoms with Gasteiger partial charge < -0.3 is 38.2 Å². The van der Waals surface area contributed by atoms with Crippen molar-refractivity contribution in [1.82, 2.24) is 20.3 Å². The Balaban J connectivity index is 0.000000231. The number of aliphatic carboxylic acids is 2. The first-order chi connectivity index (χ1) is 29.2. The predicted octanol–water partition coefficient (Wildman–Crippen LogP) is 11.2. The topological polar surface area (TPSA) is 189 Å². The molecule has 0 spiro atoms. The van der Waals surface area contributed by atoms with Crippen LogP contribution in [0.3, 0.4) is 0 Å². The lowest BCUT2D eigenvalue weighted by Gasteiger charge is -2.11. The minimum atomic E-state index is -0.832. The summed E-state index contributed by atoms with van der Waals surface area (Å²) in [6.07, 6.45) is 2.01. The first-order valence-electron chi connectivity index (χ1n) is 19.7. The molecule has 0 fully saturated rings. The van der Waals surface area contributed by atoms with Crippen LogP contribution in [0.4, 0.5) is 0 Å². The zero-order valence-electron chi connectivity index (χ0n) is 34.7. The second kappa shape index (κ2) is 21.9. The maximum Gasteiger partial charge on any atom is 0.303 e. The number of nitrogens with zero attached hydrogens (tertiary/aromatic N) is 4. The molecule has 0 saturated heterocycles. The van der Waals surface area contributed by atoms with E-state index >= 15 is 0 Å². The number of ether oxygens (including phenoxy) is 4. The number of carboxylic acid groups (broad SMARTS) is 2. The Morgan fingerprint density at radius 1 is 0.607 bits per heavy atom. The van der Waals surface area contributed by atoms with Crippen molar-refractivity contribution in [3.63, 3.8) is 0 Å². The standard InChI is InChI=1S/C23H25ClN2O5.C22H23ClN2O5/c1-14(2)30-20-10-7-16(13-19(20)24)23-25-22(26-31-23)18-9-8-17(12-15(18)3)29-11-5-4-6-21(27)28;1-13(2)29-19-9-6-15(12-18(19)23)22-24-21(25-30-22)17-8-7-16(11-14(17)3)28-10-4-5-20(26)27/h7-10,12-14H,4-6,11H2,1-3H3,(H,27,28);6-9,11-13H,4-5,10H2,1-3H3,(H,26,27). The molecule has 6 rings (SSSR count). The third kappa shape index (κ3) is 13.7. The van der Waals surface area contributed by atoms with E-state index in [2.05, 4.69) is 20.3 Å². The maximum atomic E-state index is 10.6. The van der Waals surface area contributed by atoms with Crippen LogP contribution in [0.15, 0.2) is 81.8 Å². The number of carboxylic acids is 2. The Hall–Kier alpha value is -6.12. The van der Waals surface area contributed by atoms with Crippen LogP contribution >= 0.6 is 23.2 Å². The summed E-state index contributed by atoms with van der Waals surface area (Å²) in [5.74, 6) is 2.62. The van der Waals surface area contributed by atoms with Gasteiger partial charge in [-0.3, -0.25) is 9.59 Å². The minimum Gasteiger partial charge on any atom is -0.494 e. The Morgan fingerprint density at radius 3 is 1.43 bits per heavy atom. The molecule has 2 N–H and O–H groups in total. The highest BCUT2D eigenvalue weighted by Crippen LogP contribution is 2.34. The molecule has 0 aliphatic carbocycles. The average Bonchev–Trinajstić information content (AvgIpc) is 3.89. The fourth-order valence-corrected chi connectivity index (χ4v) is 6.25. The molecule has 2 aromatic heterocycles. The molecule has 0 amide bonds. The molecule has 0 bridgehead atoms. The Kier molecular flexibility index (Phi) is 16.5. The number of aryl methyl sites for hydroxylation is 2. The lowest BCUT2D eigenvalue weighted by atomic mass is 10.1. The van der Waals surface area contributed by atoms with E-state index in [0.717, 1.165) is 22.3 Å². The van der Waals surface area contributed by atoms with Crippen molar-refractivity contribution in [1.29, 1.82) is 0 Å². The fourth-order valence-electron chi connectivity index (χ4n) is 5.80. The Morgan fingerprint density at radius 2 is 1.03 bits per heavy atom. The van der Waals surface area contributed by atoms with E-state index < -0.39 is 11.9 Å². The largest absolute Gasteiger partial charge is 0.494 e. The minimum absolute atomic E-state index is 0.0236. The molecule has 2 heterocycles. The predicted molar refractivity (Wildman–Crippen MR) is 231 cm³/mol. The van der Waals surface area contributed by atoms with E-state index in [4.69, 9.17) is 61.4 Å². The zero-order valence-corrected chi connectivity index (χ0v) is 36.2. The summed E-state index contributed by atoms with van der Waals surface area (Å²) in [7, 11) is 0. The molecule has 0 aliphatic rings. The molecule has 0 aliphatic heterocycles. The van der Waals surface area contributed by atoms with Gasteiger partial charge in [-0.1, -0.05) is 33.5 Å². The van der Waals surface area contributed by atoms with Crippen LogP contribution in [0, 0.1) is 13.8 Å². The molecule has 16 heteroatoms. The van der Waals surface area contributed by atoms with E-state index in [1.807, 2.05) is 84.0 Å². The highest BCUT2D eigenvalue weighted by atomic mass is 35.5. The fraction of sp³-hybridized carbons (Fsp3) is 0.333. The van der Waals surface area contributed by atoms with E-state index in [0.29, 0.717) is 100 Å². The number of benzene rings is 4. The first kappa shape index (κ1) is 46.0. The monoisotopic (exact) mass is 874 g/mol. The van der Waals surface area contributed by atoms with Crippen molar-refractivity contribution in [2.24, 2.45) is 0 Å². The van der Waals surface area contributed by atoms with Gasteiger partial charge >= 0.3 is 11.9 Å². The van der Waals surface area contributed by atoms with Gasteiger partial charge in [0.15, 0.2) is 0 Å². The average molecular weight is 876 g/mol. The molecule has 0 atom stereocenters. The van der Waals surface area contributed by atoms with E-state index in [-0.39, 0.29) is 25.0 Å². The summed E-state index contributed by atoms with van der Waals surface area (Å²) in [5, 5.41) is 26.5. The van der Waals surface area contributed by atoms with Crippen LogP contribution in [-0.4, -0.2) is 67.9 Å². The molecular weight excluding hydrogens is 827 g/mol. The van der Waals surface area contributed by atoms with E-state index in [9.17, 15) is 9.59 Å². The highest BCUT2D eigenvalue weighted by molar-refractivity contribution is 6.32. The van der Waals surface area contributed by atoms with Gasteiger partial charge in [0, 0.05) is 35.1 Å². The van der Waals surface area contributed by atoms with Gasteiger partial charge in [0.2, 0.25) is 11.6 Å². The zero-order chi connectivity index (χ0) is 44.1. The summed E-state index contributed by atoms with van der Waals surface area (Å²) in [6, 6.07) is 21.8. The van der Waals surface area contributed by atoms with Crippen molar-refractivity contribution in [2.45, 2.75) is 85.9 Å². The third-order valence-corrected chi connectivity index (χ3v) is 9.26. The van der Waals surface area contributed by atoms with Crippen molar-refractivity contribution in [2.75, 3.05) is 13.2 Å². The molecule has 322 valence electrons. The van der Waals surface area contributed by atoms with Crippen molar-refractivity contribution < 1.29 is 47.8 Å². The van der Waals surface area contributed by atoms with Gasteiger partial charge in [-0.15, -0.1) is 0 Å². The molecule has 4 aromatic carbocycles. The molecular formula is C45H48Cl2N4O10. The maximum absolute atomic E-state index is 10.6. The Labute approximate surface area is 363 Å². The van der Waals surface area contributed by atoms with Gasteiger partial charge in [-0.25, -0.2) is 0 Å². The van der Waals surface area contributed by atoms with Crippen molar-refractivity contribution in [3.05, 3.63) is 94.0 Å². The quantitative estimate of drug-likeness (QED) is 0.0731. The molecule has 6 aromatic rings. The Bertz CT molecular complexity index is 2410. The van der Waals surface area contributed by atoms with Crippen LogP contribution in [0.1, 0.15) is 70.9 Å². The SMILES string of the molecule is Cc1cc(OCCCC(=O)O)ccc1-c1noc(-c2ccc(OC(C)C)c(Cl)c2)n1.Cc1cc(OCCCCC(=O)O)ccc1-c1noc(-c2ccc(OC(C)C)c(Cl)c2)n1. The number of hydrogen-bond acceptors (Lipinski definition) is 12. The molecule has 14 nitrogen and oxygen atoms in total. The summed E-state index contributed by atoms with van der Waals surface area (Å²) < 4.78 is 33.5. The highest BCUT2D eigenvalue weighted by Gasteiger charge is 2.17. The summed E-state index contributed by atoms with van der Waals surface area (Å²) in [6.45, 7) is 12.4. The molecule has 0 saturated carbocycles. The number of rotatable bonds is 19. The number of carbonyl (C=O) groups is 2. The summed E-state index contributed by atoms with van der Waals surface area (Å²) in [4.78, 5) is 30.1. The lowest BCUT2D eigenvalue weighted by Crippen LogP contribution is -2.05. The van der Waals surface area contributed by atoms with Crippen LogP contribution in [0.5, 0.6) is 23.0 Å². The van der Waals surface area contributed by atoms with Crippen LogP contribution in [0.25, 0.3) is 45.7 Å². The van der Waals surface area contributed by atoms with Gasteiger partial charge in [0.1, 0.15) is 23.0 Å². The number of hydrogen-bond donors (Lipinski definition) is 2. The number of aromatic nitrogens is 4. The lowest BCUT2D eigenvalue weighted by molar-refractivity contribution is -0.138. The van der Waals surface area contributed by atoms with Gasteiger partial charge in [-0.05, 0) is 145 Å². The van der Waals surface area contributed by atoms with Crippen LogP contribution in [-0.2, 0) is 9.59 Å². The van der Waals surface area contributed by atoms with E-state index in [1.54, 1.807) is 30.3 Å². The molecule has 0 unspecified atom stereocenters. The third-order valence-electron chi connectivity index (χ3n) is 8.67. The smallest absolute Gasteiger partial charge is 0.303 e. The van der Waals surface area contributed by atoms with Crippen LogP contribution < -0.4 is 18.9 Å². The van der Waals surface area contributed by atoms with Crippen LogP contribution in [0.2, 0.25) is 10.0 Å². The number of unbranched alkanes of at least 4 members (excludes halogenated alkanes) is 1. The number of halogens is 2. The van der Waals surface area contributed by atoms with Gasteiger partial charge in [-0.2, -0.15) is 9.97 Å². The normalized spacial score (nSPS) is 11.0. The summed E-state index contributed by atoms with van der Waals surface area (Å²) in [5.41, 5.74) is 4.91. The van der Waals surface area contributed by atoms with Gasteiger partial charge in [0.05, 0.1) is 35.5 Å². The summed E-state index contributed by atoms with van der Waals surface area (Å²) >= 11 is 12.6. The second-order valence-electron chi connectivity index (χ2n) is 14.5. The molecule has 0 radical (unpaired) electrons. The van der Waals surface area contributed by atoms with Crippen molar-refractivity contribution in [3.8, 4) is 68.7 Å².